The molecule has 2 aromatic carbocycles. The summed E-state index contributed by atoms with van der Waals surface area (Å²) in [6.45, 7) is 2.36. The number of rotatable bonds is 5. The lowest BCUT2D eigenvalue weighted by molar-refractivity contribution is -0.137. The summed E-state index contributed by atoms with van der Waals surface area (Å²) in [5, 5.41) is 2.60. The lowest BCUT2D eigenvalue weighted by atomic mass is 10.1. The Balaban J connectivity index is 1.47. The van der Waals surface area contributed by atoms with E-state index in [0.29, 0.717) is 31.2 Å². The average molecular weight is 474 g/mol. The molecule has 2 amide bonds. The van der Waals surface area contributed by atoms with Gasteiger partial charge >= 0.3 is 6.18 Å². The molecule has 2 aromatic rings. The third-order valence-electron chi connectivity index (χ3n) is 4.95. The molecule has 1 heterocycles. The van der Waals surface area contributed by atoms with Crippen molar-refractivity contribution in [2.24, 2.45) is 0 Å². The molecule has 10 heteroatoms. The molecule has 0 spiro atoms. The highest BCUT2D eigenvalue weighted by atomic mass is 35.5. The summed E-state index contributed by atoms with van der Waals surface area (Å²) >= 11 is 11.5. The van der Waals surface area contributed by atoms with Crippen LogP contribution in [-0.4, -0.2) is 42.9 Å². The number of halogens is 5. The van der Waals surface area contributed by atoms with Crippen LogP contribution < -0.4 is 10.2 Å². The zero-order valence-electron chi connectivity index (χ0n) is 16.4. The van der Waals surface area contributed by atoms with Gasteiger partial charge in [0.2, 0.25) is 11.8 Å². The van der Waals surface area contributed by atoms with Crippen LogP contribution in [0.2, 0.25) is 10.0 Å². The van der Waals surface area contributed by atoms with Gasteiger partial charge in [-0.05, 0) is 42.5 Å². The number of carbonyl (C=O) groups is 2. The molecule has 3 rings (SSSR count). The summed E-state index contributed by atoms with van der Waals surface area (Å²) in [5.41, 5.74) is -0.0237. The van der Waals surface area contributed by atoms with Gasteiger partial charge in [-0.15, -0.1) is 0 Å². The quantitative estimate of drug-likeness (QED) is 0.658. The number of amides is 2. The van der Waals surface area contributed by atoms with E-state index in [0.717, 1.165) is 17.8 Å². The summed E-state index contributed by atoms with van der Waals surface area (Å²) < 4.78 is 38.8. The SMILES string of the molecule is O=C(CCC(=O)N1CCN(c2ccc(Cl)cc2)CC1)Nc1ccc(Cl)c(C(F)(F)F)c1. The van der Waals surface area contributed by atoms with Crippen molar-refractivity contribution in [3.8, 4) is 0 Å². The molecule has 0 saturated carbocycles. The smallest absolute Gasteiger partial charge is 0.368 e. The van der Waals surface area contributed by atoms with Crippen molar-refractivity contribution in [1.82, 2.24) is 4.90 Å². The minimum atomic E-state index is -4.62. The minimum absolute atomic E-state index is 0.0213. The van der Waals surface area contributed by atoms with Gasteiger partial charge in [0.15, 0.2) is 0 Å². The van der Waals surface area contributed by atoms with E-state index < -0.39 is 22.7 Å². The van der Waals surface area contributed by atoms with Crippen molar-refractivity contribution >= 4 is 46.4 Å². The maximum Gasteiger partial charge on any atom is 0.417 e. The molecule has 0 radical (unpaired) electrons. The van der Waals surface area contributed by atoms with Crippen LogP contribution in [0, 0.1) is 0 Å². The van der Waals surface area contributed by atoms with Crippen LogP contribution in [0.15, 0.2) is 42.5 Å². The second kappa shape index (κ2) is 9.78. The lowest BCUT2D eigenvalue weighted by Gasteiger charge is -2.36. The Bertz CT molecular complexity index is 944. The molecular weight excluding hydrogens is 454 g/mol. The molecule has 0 bridgehead atoms. The Morgan fingerprint density at radius 1 is 0.935 bits per heavy atom. The van der Waals surface area contributed by atoms with Gasteiger partial charge in [0.1, 0.15) is 0 Å². The first-order valence-corrected chi connectivity index (χ1v) is 10.3. The van der Waals surface area contributed by atoms with E-state index in [4.69, 9.17) is 23.2 Å². The summed E-state index contributed by atoms with van der Waals surface area (Å²) in [6.07, 6.45) is -4.77. The van der Waals surface area contributed by atoms with Gasteiger partial charge in [-0.2, -0.15) is 13.2 Å². The van der Waals surface area contributed by atoms with Crippen molar-refractivity contribution in [1.29, 1.82) is 0 Å². The number of hydrogen-bond donors (Lipinski definition) is 1. The molecule has 31 heavy (non-hydrogen) atoms. The fourth-order valence-corrected chi connectivity index (χ4v) is 3.64. The average Bonchev–Trinajstić information content (AvgIpc) is 2.73. The van der Waals surface area contributed by atoms with Gasteiger partial charge in [-0.25, -0.2) is 0 Å². The first kappa shape index (κ1) is 23.2. The number of nitrogens with zero attached hydrogens (tertiary/aromatic N) is 2. The van der Waals surface area contributed by atoms with Crippen molar-refractivity contribution in [3.05, 3.63) is 58.1 Å². The van der Waals surface area contributed by atoms with Crippen molar-refractivity contribution < 1.29 is 22.8 Å². The largest absolute Gasteiger partial charge is 0.417 e. The van der Waals surface area contributed by atoms with Crippen LogP contribution in [0.3, 0.4) is 0 Å². The Hall–Kier alpha value is -2.45. The first-order chi connectivity index (χ1) is 14.6. The van der Waals surface area contributed by atoms with Crippen molar-refractivity contribution in [2.45, 2.75) is 19.0 Å². The van der Waals surface area contributed by atoms with Gasteiger partial charge < -0.3 is 15.1 Å². The van der Waals surface area contributed by atoms with E-state index in [1.807, 2.05) is 24.3 Å². The number of nitrogens with one attached hydrogen (secondary N) is 1. The topological polar surface area (TPSA) is 52.7 Å². The Labute approximate surface area is 187 Å². The summed E-state index contributed by atoms with van der Waals surface area (Å²) in [4.78, 5) is 28.3. The number of anilines is 2. The molecule has 1 aliphatic heterocycles. The summed E-state index contributed by atoms with van der Waals surface area (Å²) in [6, 6.07) is 10.6. The minimum Gasteiger partial charge on any atom is -0.368 e. The molecule has 0 aromatic heterocycles. The highest BCUT2D eigenvalue weighted by Crippen LogP contribution is 2.36. The molecule has 0 unspecified atom stereocenters. The zero-order valence-corrected chi connectivity index (χ0v) is 17.9. The molecule has 0 aliphatic carbocycles. The lowest BCUT2D eigenvalue weighted by Crippen LogP contribution is -2.48. The van der Waals surface area contributed by atoms with E-state index >= 15 is 0 Å². The number of hydrogen-bond acceptors (Lipinski definition) is 3. The van der Waals surface area contributed by atoms with Crippen LogP contribution in [0.1, 0.15) is 18.4 Å². The number of piperazine rings is 1. The fraction of sp³-hybridized carbons (Fsp3) is 0.333. The van der Waals surface area contributed by atoms with Crippen LogP contribution in [0.25, 0.3) is 0 Å². The van der Waals surface area contributed by atoms with E-state index in [1.165, 1.54) is 6.07 Å². The van der Waals surface area contributed by atoms with Gasteiger partial charge in [-0.3, -0.25) is 9.59 Å². The molecule has 5 nitrogen and oxygen atoms in total. The second-order valence-corrected chi connectivity index (χ2v) is 7.93. The molecule has 166 valence electrons. The predicted octanol–water partition coefficient (Wildman–Crippen LogP) is 5.08. The van der Waals surface area contributed by atoms with Crippen LogP contribution >= 0.6 is 23.2 Å². The normalized spacial score (nSPS) is 14.5. The third kappa shape index (κ3) is 6.27. The van der Waals surface area contributed by atoms with E-state index in [2.05, 4.69) is 10.2 Å². The predicted molar refractivity (Wildman–Crippen MR) is 115 cm³/mol. The van der Waals surface area contributed by atoms with Gasteiger partial charge in [-0.1, -0.05) is 23.2 Å². The molecule has 1 saturated heterocycles. The Morgan fingerprint density at radius 3 is 2.19 bits per heavy atom. The maximum absolute atomic E-state index is 12.9. The Kier molecular flexibility index (Phi) is 7.33. The van der Waals surface area contributed by atoms with Gasteiger partial charge in [0.25, 0.3) is 0 Å². The standard InChI is InChI=1S/C21H20Cl2F3N3O2/c22-14-1-4-16(5-2-14)28-9-11-29(12-10-28)20(31)8-7-19(30)27-15-3-6-18(23)17(13-15)21(24,25)26/h1-6,13H,7-12H2,(H,27,30). The molecular formula is C21H20Cl2F3N3O2. The molecule has 0 atom stereocenters. The summed E-state index contributed by atoms with van der Waals surface area (Å²) in [7, 11) is 0. The van der Waals surface area contributed by atoms with Crippen molar-refractivity contribution in [3.63, 3.8) is 0 Å². The highest BCUT2D eigenvalue weighted by molar-refractivity contribution is 6.31. The number of benzene rings is 2. The maximum atomic E-state index is 12.9. The third-order valence-corrected chi connectivity index (χ3v) is 5.53. The Morgan fingerprint density at radius 2 is 1.58 bits per heavy atom. The molecule has 1 fully saturated rings. The van der Waals surface area contributed by atoms with Crippen LogP contribution in [0.5, 0.6) is 0 Å². The number of carbonyl (C=O) groups excluding carboxylic acids is 2. The van der Waals surface area contributed by atoms with Crippen molar-refractivity contribution in [2.75, 3.05) is 36.4 Å². The zero-order chi connectivity index (χ0) is 22.6. The fourth-order valence-electron chi connectivity index (χ4n) is 3.29. The molecule has 1 aliphatic rings. The monoisotopic (exact) mass is 473 g/mol. The summed E-state index contributed by atoms with van der Waals surface area (Å²) in [5.74, 6) is -0.707. The van der Waals surface area contributed by atoms with Crippen LogP contribution in [-0.2, 0) is 15.8 Å². The van der Waals surface area contributed by atoms with Gasteiger partial charge in [0.05, 0.1) is 10.6 Å². The number of alkyl halides is 3. The van der Waals surface area contributed by atoms with Crippen LogP contribution in [0.4, 0.5) is 24.5 Å². The van der Waals surface area contributed by atoms with E-state index in [1.54, 1.807) is 4.90 Å². The first-order valence-electron chi connectivity index (χ1n) is 9.58. The van der Waals surface area contributed by atoms with E-state index in [9.17, 15) is 22.8 Å². The van der Waals surface area contributed by atoms with Gasteiger partial charge in [0, 0.05) is 55.4 Å². The second-order valence-electron chi connectivity index (χ2n) is 7.08. The van der Waals surface area contributed by atoms with E-state index in [-0.39, 0.29) is 24.4 Å². The highest BCUT2D eigenvalue weighted by Gasteiger charge is 2.33. The molecule has 1 N–H and O–H groups in total.